The van der Waals surface area contributed by atoms with Gasteiger partial charge >= 0.3 is 0 Å². The van der Waals surface area contributed by atoms with Crippen molar-refractivity contribution in [3.05, 3.63) is 364 Å². The molecule has 21 rings (SSSR count). The summed E-state index contributed by atoms with van der Waals surface area (Å²) in [4.78, 5) is 31.7. The molecule has 10 nitrogen and oxygen atoms in total. The Hall–Kier alpha value is -14.5. The molecule has 0 fully saturated rings. The smallest absolute Gasteiger partial charge is 0.164 e. The van der Waals surface area contributed by atoms with Crippen molar-refractivity contribution in [1.29, 1.82) is 0 Å². The molecule has 6 heterocycles. The molecule has 0 amide bonds. The first kappa shape index (κ1) is 60.3. The van der Waals surface area contributed by atoms with Gasteiger partial charge in [0.05, 0.1) is 55.5 Å². The van der Waals surface area contributed by atoms with Crippen molar-refractivity contribution in [3.8, 4) is 113 Å². The highest BCUT2D eigenvalue weighted by atomic mass is 15.1. The highest BCUT2D eigenvalue weighted by molar-refractivity contribution is 6.15. The lowest BCUT2D eigenvalue weighted by atomic mass is 9.94. The minimum absolute atomic E-state index is 0.555. The van der Waals surface area contributed by atoms with Crippen molar-refractivity contribution in [2.75, 3.05) is 0 Å². The molecule has 0 unspecified atom stereocenters. The van der Waals surface area contributed by atoms with Crippen LogP contribution in [-0.2, 0) is 0 Å². The minimum Gasteiger partial charge on any atom is -0.309 e. The van der Waals surface area contributed by atoms with E-state index >= 15 is 0 Å². The van der Waals surface area contributed by atoms with E-state index in [-0.39, 0.29) is 0 Å². The predicted octanol–water partition coefficient (Wildman–Crippen LogP) is 23.8. The van der Waals surface area contributed by atoms with Crippen LogP contribution in [0.2, 0.25) is 0 Å². The van der Waals surface area contributed by atoms with Crippen LogP contribution in [0.1, 0.15) is 0 Å². The minimum atomic E-state index is 0.555. The lowest BCUT2D eigenvalue weighted by Gasteiger charge is -2.19. The van der Waals surface area contributed by atoms with Crippen LogP contribution >= 0.6 is 0 Å². The standard InChI is InChI=1S/C96H60N10/c1-5-26-61(27-6-1)91-97-92(62-28-7-2-8-29-62)100-95(99-91)67-48-52-87(105-85-46-23-17-40-75(85)79-59-69(50-54-89(79)105)103-81-42-19-13-36-71(81)72-37-14-20-43-82(72)103)77(57-67)65-34-25-35-66(56-65)78-58-68(96-101-93(63-30-9-3-10-31-63)98-94(102-96)64-32-11-4-12-33-64)49-53-88(78)106-86-47-24-18-41-76(86)80-60-70(51-55-90(80)106)104-83-44-21-15-38-73(83)74-39-16-22-45-84(74)104/h1-60H. The third-order valence-corrected chi connectivity index (χ3v) is 20.9. The predicted molar refractivity (Wildman–Crippen MR) is 434 cm³/mol. The second-order valence-corrected chi connectivity index (χ2v) is 27.0. The van der Waals surface area contributed by atoms with Gasteiger partial charge in [0, 0.05) is 99.0 Å². The van der Waals surface area contributed by atoms with E-state index in [4.69, 9.17) is 29.9 Å². The highest BCUT2D eigenvalue weighted by Crippen LogP contribution is 2.45. The van der Waals surface area contributed by atoms with E-state index < -0.39 is 0 Å². The van der Waals surface area contributed by atoms with Crippen molar-refractivity contribution >= 4 is 87.2 Å². The average Bonchev–Trinajstić information content (AvgIpc) is 1.66. The summed E-state index contributed by atoms with van der Waals surface area (Å²) in [5.41, 5.74) is 22.2. The molecule has 0 saturated heterocycles. The summed E-state index contributed by atoms with van der Waals surface area (Å²) in [6.45, 7) is 0. The third kappa shape index (κ3) is 9.95. The molecule has 0 saturated carbocycles. The van der Waals surface area contributed by atoms with Gasteiger partial charge in [0.2, 0.25) is 0 Å². The van der Waals surface area contributed by atoms with Crippen LogP contribution in [0.15, 0.2) is 364 Å². The van der Waals surface area contributed by atoms with Gasteiger partial charge in [-0.3, -0.25) is 0 Å². The molecule has 15 aromatic carbocycles. The summed E-state index contributed by atoms with van der Waals surface area (Å²) in [7, 11) is 0. The van der Waals surface area contributed by atoms with E-state index in [1.807, 2.05) is 72.8 Å². The zero-order valence-electron chi connectivity index (χ0n) is 57.1. The Bertz CT molecular complexity index is 6430. The lowest BCUT2D eigenvalue weighted by molar-refractivity contribution is 1.07. The van der Waals surface area contributed by atoms with E-state index in [9.17, 15) is 0 Å². The molecule has 0 N–H and O–H groups in total. The molecule has 21 aromatic rings. The monoisotopic (exact) mass is 1350 g/mol. The Morgan fingerprint density at radius 1 is 0.151 bits per heavy atom. The number of nitrogens with zero attached hydrogens (tertiary/aromatic N) is 10. The molecule has 106 heavy (non-hydrogen) atoms. The summed E-state index contributed by atoms with van der Waals surface area (Å²) in [6.07, 6.45) is 0. The van der Waals surface area contributed by atoms with Crippen LogP contribution in [0.4, 0.5) is 0 Å². The number of hydrogen-bond donors (Lipinski definition) is 0. The number of fused-ring (bicyclic) bond motifs is 12. The summed E-state index contributed by atoms with van der Waals surface area (Å²) in [6, 6.07) is 130. The third-order valence-electron chi connectivity index (χ3n) is 20.9. The van der Waals surface area contributed by atoms with E-state index in [2.05, 4.69) is 309 Å². The van der Waals surface area contributed by atoms with Crippen molar-refractivity contribution in [3.63, 3.8) is 0 Å². The molecule has 494 valence electrons. The lowest BCUT2D eigenvalue weighted by Crippen LogP contribution is -2.03. The van der Waals surface area contributed by atoms with E-state index in [0.717, 1.165) is 144 Å². The van der Waals surface area contributed by atoms with Crippen molar-refractivity contribution < 1.29 is 0 Å². The molecule has 6 aromatic heterocycles. The molecule has 0 atom stereocenters. The quantitative estimate of drug-likeness (QED) is 0.121. The Morgan fingerprint density at radius 2 is 0.396 bits per heavy atom. The average molecular weight is 1350 g/mol. The van der Waals surface area contributed by atoms with Gasteiger partial charge in [0.15, 0.2) is 34.9 Å². The van der Waals surface area contributed by atoms with Crippen LogP contribution in [0, 0.1) is 0 Å². The molecular weight excluding hydrogens is 1290 g/mol. The summed E-state index contributed by atoms with van der Waals surface area (Å²) in [5.74, 6) is 3.46. The summed E-state index contributed by atoms with van der Waals surface area (Å²) < 4.78 is 9.69. The Kier molecular flexibility index (Phi) is 14.0. The molecule has 0 spiro atoms. The van der Waals surface area contributed by atoms with Gasteiger partial charge < -0.3 is 18.3 Å². The maximum Gasteiger partial charge on any atom is 0.164 e. The van der Waals surface area contributed by atoms with Crippen molar-refractivity contribution in [2.24, 2.45) is 0 Å². The zero-order chi connectivity index (χ0) is 69.8. The number of aromatic nitrogens is 10. The Balaban J connectivity index is 0.809. The molecule has 0 aliphatic heterocycles. The van der Waals surface area contributed by atoms with Gasteiger partial charge in [0.25, 0.3) is 0 Å². The van der Waals surface area contributed by atoms with Gasteiger partial charge in [-0.25, -0.2) is 29.9 Å². The van der Waals surface area contributed by atoms with Crippen LogP contribution in [0.3, 0.4) is 0 Å². The Morgan fingerprint density at radius 3 is 0.708 bits per heavy atom. The topological polar surface area (TPSA) is 97.1 Å². The number of rotatable bonds is 12. The maximum atomic E-state index is 5.34. The first-order chi connectivity index (χ1) is 52.6. The van der Waals surface area contributed by atoms with Crippen LogP contribution < -0.4 is 0 Å². The first-order valence-electron chi connectivity index (χ1n) is 35.7. The van der Waals surface area contributed by atoms with E-state index in [1.165, 1.54) is 21.5 Å². The molecule has 10 heteroatoms. The molecular formula is C96H60N10. The normalized spacial score (nSPS) is 11.8. The fourth-order valence-corrected chi connectivity index (χ4v) is 16.1. The van der Waals surface area contributed by atoms with Crippen LogP contribution in [-0.4, -0.2) is 48.2 Å². The molecule has 0 aliphatic rings. The van der Waals surface area contributed by atoms with Gasteiger partial charge in [0.1, 0.15) is 0 Å². The van der Waals surface area contributed by atoms with Gasteiger partial charge in [-0.05, 0) is 126 Å². The van der Waals surface area contributed by atoms with Gasteiger partial charge in [-0.1, -0.05) is 249 Å². The first-order valence-corrected chi connectivity index (χ1v) is 35.7. The summed E-state index contributed by atoms with van der Waals surface area (Å²) in [5, 5.41) is 9.42. The zero-order valence-corrected chi connectivity index (χ0v) is 57.1. The summed E-state index contributed by atoms with van der Waals surface area (Å²) >= 11 is 0. The largest absolute Gasteiger partial charge is 0.309 e. The van der Waals surface area contributed by atoms with E-state index in [0.29, 0.717) is 34.9 Å². The maximum absolute atomic E-state index is 5.34. The highest BCUT2D eigenvalue weighted by Gasteiger charge is 2.25. The van der Waals surface area contributed by atoms with E-state index in [1.54, 1.807) is 0 Å². The Labute approximate surface area is 609 Å². The number of hydrogen-bond acceptors (Lipinski definition) is 6. The van der Waals surface area contributed by atoms with Gasteiger partial charge in [-0.2, -0.15) is 0 Å². The molecule has 0 bridgehead atoms. The van der Waals surface area contributed by atoms with Crippen LogP contribution in [0.5, 0.6) is 0 Å². The number of benzene rings is 15. The fraction of sp³-hybridized carbons (Fsp3) is 0. The van der Waals surface area contributed by atoms with Crippen molar-refractivity contribution in [2.45, 2.75) is 0 Å². The number of para-hydroxylation sites is 6. The molecule has 0 aliphatic carbocycles. The van der Waals surface area contributed by atoms with Gasteiger partial charge in [-0.15, -0.1) is 0 Å². The van der Waals surface area contributed by atoms with Crippen molar-refractivity contribution in [1.82, 2.24) is 48.2 Å². The second-order valence-electron chi connectivity index (χ2n) is 27.0. The molecule has 0 radical (unpaired) electrons. The second kappa shape index (κ2) is 24.7. The van der Waals surface area contributed by atoms with Crippen LogP contribution in [0.25, 0.3) is 201 Å². The fourth-order valence-electron chi connectivity index (χ4n) is 16.1. The SMILES string of the molecule is c1ccc(-c2nc(-c3ccccc3)nc(-c3ccc(-n4c5ccccc5c5cc(-n6c7ccccc7c7ccccc76)ccc54)c(-c4cccc(-c5cc(-c6nc(-c7ccccc7)nc(-c7ccccc7)n6)ccc5-n5c6ccccc6c6cc(-n7c8ccccc8c8ccccc87)ccc65)c4)c3)n2)cc1.